The average molecular weight is 246 g/mol. The van der Waals surface area contributed by atoms with E-state index in [1.807, 2.05) is 25.2 Å². The molecule has 0 heterocycles. The van der Waals surface area contributed by atoms with Crippen molar-refractivity contribution in [2.75, 3.05) is 13.6 Å². The second-order valence-electron chi connectivity index (χ2n) is 5.26. The van der Waals surface area contributed by atoms with Gasteiger partial charge in [-0.15, -0.1) is 0 Å². The van der Waals surface area contributed by atoms with Crippen LogP contribution in [0.4, 0.5) is 0 Å². The molecule has 0 aliphatic heterocycles. The van der Waals surface area contributed by atoms with E-state index < -0.39 is 0 Å². The number of carbonyl (C=O) groups is 1. The highest BCUT2D eigenvalue weighted by molar-refractivity contribution is 5.76. The first-order valence-corrected chi connectivity index (χ1v) is 6.70. The van der Waals surface area contributed by atoms with E-state index in [2.05, 4.69) is 12.1 Å². The second-order valence-corrected chi connectivity index (χ2v) is 5.26. The van der Waals surface area contributed by atoms with Crippen molar-refractivity contribution in [1.29, 1.82) is 0 Å². The summed E-state index contributed by atoms with van der Waals surface area (Å²) in [5.41, 5.74) is 7.24. The molecular weight excluding hydrogens is 224 g/mol. The first-order valence-electron chi connectivity index (χ1n) is 6.70. The smallest absolute Gasteiger partial charge is 0.223 e. The van der Waals surface area contributed by atoms with Gasteiger partial charge in [-0.25, -0.2) is 0 Å². The zero-order chi connectivity index (χ0) is 13.0. The number of rotatable bonds is 6. The summed E-state index contributed by atoms with van der Waals surface area (Å²) < 4.78 is 0. The molecule has 3 heteroatoms. The number of hydrogen-bond acceptors (Lipinski definition) is 2. The van der Waals surface area contributed by atoms with Gasteiger partial charge in [-0.1, -0.05) is 30.3 Å². The van der Waals surface area contributed by atoms with Gasteiger partial charge in [0.2, 0.25) is 5.91 Å². The molecule has 18 heavy (non-hydrogen) atoms. The van der Waals surface area contributed by atoms with Gasteiger partial charge in [0.25, 0.3) is 0 Å². The Labute approximate surface area is 109 Å². The second kappa shape index (κ2) is 6.01. The van der Waals surface area contributed by atoms with Crippen molar-refractivity contribution in [3.05, 3.63) is 35.9 Å². The van der Waals surface area contributed by atoms with Crippen LogP contribution in [-0.2, 0) is 11.2 Å². The first kappa shape index (κ1) is 13.1. The molecule has 1 aromatic rings. The zero-order valence-electron chi connectivity index (χ0n) is 11.0. The molecule has 2 N–H and O–H groups in total. The maximum absolute atomic E-state index is 12.0. The van der Waals surface area contributed by atoms with Crippen molar-refractivity contribution in [2.24, 2.45) is 11.7 Å². The average Bonchev–Trinajstić information content (AvgIpc) is 3.21. The topological polar surface area (TPSA) is 46.3 Å². The zero-order valence-corrected chi connectivity index (χ0v) is 11.0. The van der Waals surface area contributed by atoms with Crippen LogP contribution in [0.3, 0.4) is 0 Å². The SMILES string of the molecule is CN(CCc1ccccc1)C(=O)CC(N)C1CC1. The minimum absolute atomic E-state index is 0.0664. The predicted octanol–water partition coefficient (Wildman–Crippen LogP) is 1.81. The number of benzene rings is 1. The molecule has 3 nitrogen and oxygen atoms in total. The number of carbonyl (C=O) groups excluding carboxylic acids is 1. The summed E-state index contributed by atoms with van der Waals surface area (Å²) >= 11 is 0. The molecule has 0 radical (unpaired) electrons. The molecule has 1 atom stereocenters. The van der Waals surface area contributed by atoms with Crippen LogP contribution >= 0.6 is 0 Å². The number of nitrogens with zero attached hydrogens (tertiary/aromatic N) is 1. The van der Waals surface area contributed by atoms with E-state index in [-0.39, 0.29) is 11.9 Å². The Balaban J connectivity index is 1.73. The summed E-state index contributed by atoms with van der Waals surface area (Å²) in [6, 6.07) is 10.3. The van der Waals surface area contributed by atoms with Crippen LogP contribution in [0.15, 0.2) is 30.3 Å². The molecule has 0 spiro atoms. The van der Waals surface area contributed by atoms with Crippen LogP contribution < -0.4 is 5.73 Å². The van der Waals surface area contributed by atoms with Crippen molar-refractivity contribution in [1.82, 2.24) is 4.90 Å². The molecule has 1 aliphatic rings. The van der Waals surface area contributed by atoms with Gasteiger partial charge >= 0.3 is 0 Å². The van der Waals surface area contributed by atoms with Crippen LogP contribution in [-0.4, -0.2) is 30.4 Å². The lowest BCUT2D eigenvalue weighted by Crippen LogP contribution is -2.35. The van der Waals surface area contributed by atoms with E-state index in [0.717, 1.165) is 13.0 Å². The van der Waals surface area contributed by atoms with Gasteiger partial charge in [-0.2, -0.15) is 0 Å². The molecule has 0 saturated heterocycles. The lowest BCUT2D eigenvalue weighted by molar-refractivity contribution is -0.130. The highest BCUT2D eigenvalue weighted by atomic mass is 16.2. The van der Waals surface area contributed by atoms with Gasteiger partial charge in [-0.3, -0.25) is 4.79 Å². The van der Waals surface area contributed by atoms with Crippen molar-refractivity contribution in [3.63, 3.8) is 0 Å². The Morgan fingerprint density at radius 3 is 2.67 bits per heavy atom. The number of likely N-dealkylation sites (N-methyl/N-ethyl adjacent to an activating group) is 1. The molecule has 0 bridgehead atoms. The fraction of sp³-hybridized carbons (Fsp3) is 0.533. The minimum Gasteiger partial charge on any atom is -0.345 e. The van der Waals surface area contributed by atoms with Gasteiger partial charge in [0.1, 0.15) is 0 Å². The number of hydrogen-bond donors (Lipinski definition) is 1. The van der Waals surface area contributed by atoms with Crippen molar-refractivity contribution in [2.45, 2.75) is 31.7 Å². The van der Waals surface area contributed by atoms with Crippen LogP contribution in [0.5, 0.6) is 0 Å². The highest BCUT2D eigenvalue weighted by Gasteiger charge is 2.30. The van der Waals surface area contributed by atoms with Gasteiger partial charge in [0, 0.05) is 26.1 Å². The molecule has 1 aliphatic carbocycles. The van der Waals surface area contributed by atoms with E-state index in [9.17, 15) is 4.79 Å². The lowest BCUT2D eigenvalue weighted by atomic mass is 10.1. The standard InChI is InChI=1S/C15H22N2O/c1-17(10-9-12-5-3-2-4-6-12)15(18)11-14(16)13-7-8-13/h2-6,13-14H,7-11,16H2,1H3. The fourth-order valence-electron chi connectivity index (χ4n) is 2.11. The Bertz CT molecular complexity index is 387. The lowest BCUT2D eigenvalue weighted by Gasteiger charge is -2.19. The van der Waals surface area contributed by atoms with Crippen molar-refractivity contribution >= 4 is 5.91 Å². The molecule has 98 valence electrons. The molecule has 1 aromatic carbocycles. The van der Waals surface area contributed by atoms with E-state index in [1.165, 1.54) is 18.4 Å². The Hall–Kier alpha value is -1.35. The molecule has 1 unspecified atom stereocenters. The summed E-state index contributed by atoms with van der Waals surface area (Å²) in [5.74, 6) is 0.766. The van der Waals surface area contributed by atoms with Gasteiger partial charge < -0.3 is 10.6 Å². The Kier molecular flexibility index (Phi) is 4.37. The summed E-state index contributed by atoms with van der Waals surface area (Å²) in [7, 11) is 1.87. The summed E-state index contributed by atoms with van der Waals surface area (Å²) in [5, 5.41) is 0. The van der Waals surface area contributed by atoms with E-state index >= 15 is 0 Å². The van der Waals surface area contributed by atoms with Crippen LogP contribution in [0.2, 0.25) is 0 Å². The van der Waals surface area contributed by atoms with Gasteiger partial charge in [-0.05, 0) is 30.7 Å². The number of nitrogens with two attached hydrogens (primary N) is 1. The maximum Gasteiger partial charge on any atom is 0.223 e. The van der Waals surface area contributed by atoms with Crippen LogP contribution in [0.25, 0.3) is 0 Å². The van der Waals surface area contributed by atoms with E-state index in [0.29, 0.717) is 12.3 Å². The van der Waals surface area contributed by atoms with Crippen molar-refractivity contribution in [3.8, 4) is 0 Å². The largest absolute Gasteiger partial charge is 0.345 e. The molecule has 0 aromatic heterocycles. The Morgan fingerprint density at radius 1 is 1.39 bits per heavy atom. The predicted molar refractivity (Wildman–Crippen MR) is 73.1 cm³/mol. The van der Waals surface area contributed by atoms with E-state index in [4.69, 9.17) is 5.73 Å². The van der Waals surface area contributed by atoms with E-state index in [1.54, 1.807) is 4.90 Å². The molecule has 1 saturated carbocycles. The van der Waals surface area contributed by atoms with Crippen LogP contribution in [0, 0.1) is 5.92 Å². The molecule has 1 fully saturated rings. The maximum atomic E-state index is 12.0. The number of amides is 1. The van der Waals surface area contributed by atoms with Crippen molar-refractivity contribution < 1.29 is 4.79 Å². The summed E-state index contributed by atoms with van der Waals surface area (Å²) in [6.07, 6.45) is 3.79. The molecular formula is C15H22N2O. The highest BCUT2D eigenvalue weighted by Crippen LogP contribution is 2.32. The third kappa shape index (κ3) is 3.84. The summed E-state index contributed by atoms with van der Waals surface area (Å²) in [6.45, 7) is 0.764. The molecule has 2 rings (SSSR count). The normalized spacial score (nSPS) is 16.3. The summed E-state index contributed by atoms with van der Waals surface area (Å²) in [4.78, 5) is 13.8. The fourth-order valence-corrected chi connectivity index (χ4v) is 2.11. The quantitative estimate of drug-likeness (QED) is 0.832. The third-order valence-electron chi connectivity index (χ3n) is 3.64. The Morgan fingerprint density at radius 2 is 2.06 bits per heavy atom. The first-order chi connectivity index (χ1) is 8.66. The minimum atomic E-state index is 0.0664. The monoisotopic (exact) mass is 246 g/mol. The van der Waals surface area contributed by atoms with Gasteiger partial charge in [0.05, 0.1) is 0 Å². The third-order valence-corrected chi connectivity index (χ3v) is 3.64. The van der Waals surface area contributed by atoms with Gasteiger partial charge in [0.15, 0.2) is 0 Å². The van der Waals surface area contributed by atoms with Crippen LogP contribution in [0.1, 0.15) is 24.8 Å². The molecule has 1 amide bonds.